The predicted molar refractivity (Wildman–Crippen MR) is 112 cm³/mol. The van der Waals surface area contributed by atoms with Crippen molar-refractivity contribution < 1.29 is 8.42 Å². The Labute approximate surface area is 166 Å². The molecule has 3 aromatic rings. The van der Waals surface area contributed by atoms with Crippen molar-refractivity contribution in [1.29, 1.82) is 0 Å². The van der Waals surface area contributed by atoms with E-state index < -0.39 is 10.0 Å². The van der Waals surface area contributed by atoms with Crippen LogP contribution in [0.15, 0.2) is 53.6 Å². The summed E-state index contributed by atoms with van der Waals surface area (Å²) in [6.07, 6.45) is 8.84. The average Bonchev–Trinajstić information content (AvgIpc) is 3.10. The minimum atomic E-state index is -3.59. The van der Waals surface area contributed by atoms with Gasteiger partial charge in [0.15, 0.2) is 0 Å². The molecule has 1 aromatic heterocycles. The highest BCUT2D eigenvalue weighted by molar-refractivity contribution is 7.90. The smallest absolute Gasteiger partial charge is 0.268 e. The van der Waals surface area contributed by atoms with E-state index in [1.165, 1.54) is 34.4 Å². The summed E-state index contributed by atoms with van der Waals surface area (Å²) in [6.45, 7) is 1.96. The van der Waals surface area contributed by atoms with Gasteiger partial charge in [-0.3, -0.25) is 0 Å². The van der Waals surface area contributed by atoms with Gasteiger partial charge in [0.1, 0.15) is 0 Å². The Morgan fingerprint density at radius 2 is 1.75 bits per heavy atom. The van der Waals surface area contributed by atoms with Gasteiger partial charge >= 0.3 is 0 Å². The second-order valence-electron chi connectivity index (χ2n) is 8.30. The van der Waals surface area contributed by atoms with Crippen LogP contribution in [0.4, 0.5) is 0 Å². The fourth-order valence-electron chi connectivity index (χ4n) is 4.54. The number of benzene rings is 2. The minimum absolute atomic E-state index is 0.331. The largest absolute Gasteiger partial charge is 0.311 e. The lowest BCUT2D eigenvalue weighted by Gasteiger charge is -2.34. The molecule has 1 unspecified atom stereocenters. The van der Waals surface area contributed by atoms with Gasteiger partial charge in [-0.25, -0.2) is 12.4 Å². The molecule has 28 heavy (non-hydrogen) atoms. The van der Waals surface area contributed by atoms with Crippen LogP contribution in [-0.2, 0) is 22.9 Å². The van der Waals surface area contributed by atoms with Crippen LogP contribution in [-0.4, -0.2) is 24.5 Å². The van der Waals surface area contributed by atoms with Crippen LogP contribution >= 0.6 is 0 Å². The van der Waals surface area contributed by atoms with Crippen LogP contribution in [0.3, 0.4) is 0 Å². The number of hydrogen-bond donors (Lipinski definition) is 1. The van der Waals surface area contributed by atoms with Crippen LogP contribution in [0.5, 0.6) is 0 Å². The Kier molecular flexibility index (Phi) is 4.33. The molecule has 4 nitrogen and oxygen atoms in total. The number of rotatable bonds is 4. The van der Waals surface area contributed by atoms with Gasteiger partial charge in [0.2, 0.25) is 0 Å². The Hall–Kier alpha value is -2.11. The summed E-state index contributed by atoms with van der Waals surface area (Å²) in [5, 5.41) is 4.88. The molecule has 146 valence electrons. The van der Waals surface area contributed by atoms with Gasteiger partial charge in [0.25, 0.3) is 10.0 Å². The molecule has 5 heteroatoms. The molecule has 2 aromatic carbocycles. The van der Waals surface area contributed by atoms with Crippen molar-refractivity contribution in [3.05, 3.63) is 65.4 Å². The Balaban J connectivity index is 1.53. The number of hydrogen-bond acceptors (Lipinski definition) is 3. The van der Waals surface area contributed by atoms with E-state index in [4.69, 9.17) is 0 Å². The van der Waals surface area contributed by atoms with Crippen LogP contribution in [0.25, 0.3) is 10.9 Å². The second kappa shape index (κ2) is 6.75. The molecule has 1 fully saturated rings. The zero-order valence-corrected chi connectivity index (χ0v) is 17.0. The molecule has 0 saturated heterocycles. The summed E-state index contributed by atoms with van der Waals surface area (Å²) in [5.41, 5.74) is 4.52. The van der Waals surface area contributed by atoms with E-state index in [0.717, 1.165) is 35.7 Å². The van der Waals surface area contributed by atoms with Crippen LogP contribution in [0, 0.1) is 6.92 Å². The summed E-state index contributed by atoms with van der Waals surface area (Å²) in [4.78, 5) is 0.331. The summed E-state index contributed by atoms with van der Waals surface area (Å²) >= 11 is 0. The van der Waals surface area contributed by atoms with Gasteiger partial charge in [0, 0.05) is 23.7 Å². The Morgan fingerprint density at radius 3 is 2.46 bits per heavy atom. The third-order valence-electron chi connectivity index (χ3n) is 6.41. The second-order valence-corrected chi connectivity index (χ2v) is 10.1. The monoisotopic (exact) mass is 394 g/mol. The molecule has 1 N–H and O–H groups in total. The molecule has 0 aliphatic heterocycles. The summed E-state index contributed by atoms with van der Waals surface area (Å²) in [5.74, 6) is 0. The van der Waals surface area contributed by atoms with E-state index in [2.05, 4.69) is 11.4 Å². The molecule has 0 radical (unpaired) electrons. The van der Waals surface area contributed by atoms with Crippen molar-refractivity contribution in [3.63, 3.8) is 0 Å². The van der Waals surface area contributed by atoms with Gasteiger partial charge in [-0.05, 0) is 74.4 Å². The van der Waals surface area contributed by atoms with E-state index in [9.17, 15) is 8.42 Å². The lowest BCUT2D eigenvalue weighted by atomic mass is 9.84. The maximum atomic E-state index is 13.2. The first kappa shape index (κ1) is 18.0. The lowest BCUT2D eigenvalue weighted by Crippen LogP contribution is -2.44. The maximum Gasteiger partial charge on any atom is 0.268 e. The number of aryl methyl sites for hydroxylation is 2. The van der Waals surface area contributed by atoms with Gasteiger partial charge in [-0.1, -0.05) is 30.2 Å². The van der Waals surface area contributed by atoms with Crippen LogP contribution < -0.4 is 5.32 Å². The molecule has 1 atom stereocenters. The quantitative estimate of drug-likeness (QED) is 0.722. The first-order chi connectivity index (χ1) is 13.5. The number of nitrogens with one attached hydrogen (secondary N) is 1. The summed E-state index contributed by atoms with van der Waals surface area (Å²) < 4.78 is 27.8. The third kappa shape index (κ3) is 2.97. The zero-order valence-electron chi connectivity index (χ0n) is 16.2. The zero-order chi connectivity index (χ0) is 19.3. The van der Waals surface area contributed by atoms with E-state index in [1.807, 2.05) is 31.2 Å². The molecule has 2 aliphatic carbocycles. The highest BCUT2D eigenvalue weighted by Gasteiger charge is 2.27. The van der Waals surface area contributed by atoms with Crippen LogP contribution in [0.2, 0.25) is 0 Å². The highest BCUT2D eigenvalue weighted by atomic mass is 32.2. The molecule has 0 bridgehead atoms. The normalized spacial score (nSPS) is 20.1. The van der Waals surface area contributed by atoms with Crippen molar-refractivity contribution in [1.82, 2.24) is 9.29 Å². The van der Waals surface area contributed by atoms with E-state index in [1.54, 1.807) is 18.3 Å². The third-order valence-corrected chi connectivity index (χ3v) is 8.12. The predicted octanol–water partition coefficient (Wildman–Crippen LogP) is 4.19. The standard InChI is InChI=1S/C23H26N2O2S/c1-16-5-10-20(11-6-16)28(26,27)25-14-13-21-22-15-19(24-18-3-2-4-18)9-7-17(22)8-12-23(21)25/h5-6,8,10-14,18-19,24H,2-4,7,9,15H2,1H3. The molecule has 0 amide bonds. The summed E-state index contributed by atoms with van der Waals surface area (Å²) in [6, 6.07) is 14.3. The molecular formula is C23H26N2O2S. The molecular weight excluding hydrogens is 368 g/mol. The van der Waals surface area contributed by atoms with E-state index in [-0.39, 0.29) is 0 Å². The van der Waals surface area contributed by atoms with Gasteiger partial charge in [-0.2, -0.15) is 0 Å². The maximum absolute atomic E-state index is 13.2. The number of fused-ring (bicyclic) bond motifs is 3. The SMILES string of the molecule is Cc1ccc(S(=O)(=O)n2ccc3c4c(ccc32)CCC(NC2CCC2)C4)cc1. The Bertz CT molecular complexity index is 1130. The minimum Gasteiger partial charge on any atom is -0.311 e. The van der Waals surface area contributed by atoms with E-state index >= 15 is 0 Å². The molecule has 1 heterocycles. The first-order valence-electron chi connectivity index (χ1n) is 10.2. The van der Waals surface area contributed by atoms with Crippen molar-refractivity contribution in [2.45, 2.75) is 62.4 Å². The van der Waals surface area contributed by atoms with Crippen molar-refractivity contribution in [3.8, 4) is 0 Å². The van der Waals surface area contributed by atoms with Gasteiger partial charge < -0.3 is 5.32 Å². The first-order valence-corrected chi connectivity index (χ1v) is 11.7. The topological polar surface area (TPSA) is 51.1 Å². The van der Waals surface area contributed by atoms with Crippen molar-refractivity contribution in [2.75, 3.05) is 0 Å². The Morgan fingerprint density at radius 1 is 0.964 bits per heavy atom. The highest BCUT2D eigenvalue weighted by Crippen LogP contribution is 2.32. The molecule has 5 rings (SSSR count). The van der Waals surface area contributed by atoms with Gasteiger partial charge in [-0.15, -0.1) is 0 Å². The number of aromatic nitrogens is 1. The molecule has 1 saturated carbocycles. The van der Waals surface area contributed by atoms with E-state index in [0.29, 0.717) is 17.0 Å². The van der Waals surface area contributed by atoms with Crippen molar-refractivity contribution >= 4 is 20.9 Å². The molecule has 2 aliphatic rings. The van der Waals surface area contributed by atoms with Crippen molar-refractivity contribution in [2.24, 2.45) is 0 Å². The fraction of sp³-hybridized carbons (Fsp3) is 0.391. The average molecular weight is 395 g/mol. The molecule has 0 spiro atoms. The number of nitrogens with zero attached hydrogens (tertiary/aromatic N) is 1. The van der Waals surface area contributed by atoms with Crippen LogP contribution in [0.1, 0.15) is 42.4 Å². The lowest BCUT2D eigenvalue weighted by molar-refractivity contribution is 0.290. The van der Waals surface area contributed by atoms with Gasteiger partial charge in [0.05, 0.1) is 10.4 Å². The fourth-order valence-corrected chi connectivity index (χ4v) is 5.88. The summed E-state index contributed by atoms with van der Waals surface area (Å²) in [7, 11) is -3.59.